The van der Waals surface area contributed by atoms with Gasteiger partial charge in [-0.1, -0.05) is 0 Å². The van der Waals surface area contributed by atoms with Gasteiger partial charge in [-0.05, 0) is 39.0 Å². The molecule has 1 amide bonds. The molecule has 2 atom stereocenters. The van der Waals surface area contributed by atoms with Crippen LogP contribution in [0.15, 0.2) is 0 Å². The summed E-state index contributed by atoms with van der Waals surface area (Å²) in [5.41, 5.74) is 0. The average molecular weight is 235 g/mol. The van der Waals surface area contributed by atoms with Crippen molar-refractivity contribution < 1.29 is 4.79 Å². The van der Waals surface area contributed by atoms with Crippen LogP contribution in [0.3, 0.4) is 0 Å². The Hall–Kier alpha value is -1.08. The first-order chi connectivity index (χ1) is 8.24. The van der Waals surface area contributed by atoms with E-state index in [-0.39, 0.29) is 18.0 Å². The Labute approximate surface area is 103 Å². The maximum Gasteiger partial charge on any atom is 0.239 e. The maximum absolute atomic E-state index is 12.3. The predicted molar refractivity (Wildman–Crippen MR) is 65.2 cm³/mol. The molecule has 0 N–H and O–H groups in total. The summed E-state index contributed by atoms with van der Waals surface area (Å²) in [6.45, 7) is 4.64. The van der Waals surface area contributed by atoms with Gasteiger partial charge in [0, 0.05) is 19.6 Å². The van der Waals surface area contributed by atoms with Crippen LogP contribution < -0.4 is 0 Å². The number of piperidine rings is 1. The Bertz CT molecular complexity index is 317. The van der Waals surface area contributed by atoms with E-state index >= 15 is 0 Å². The monoisotopic (exact) mass is 235 g/mol. The summed E-state index contributed by atoms with van der Waals surface area (Å²) in [4.78, 5) is 16.3. The van der Waals surface area contributed by atoms with Crippen molar-refractivity contribution in [2.75, 3.05) is 19.6 Å². The van der Waals surface area contributed by atoms with Crippen molar-refractivity contribution in [2.24, 2.45) is 0 Å². The van der Waals surface area contributed by atoms with Crippen molar-refractivity contribution in [3.8, 4) is 6.07 Å². The van der Waals surface area contributed by atoms with E-state index in [1.54, 1.807) is 0 Å². The van der Waals surface area contributed by atoms with E-state index < -0.39 is 0 Å². The molecule has 0 bridgehead atoms. The summed E-state index contributed by atoms with van der Waals surface area (Å²) >= 11 is 0. The van der Waals surface area contributed by atoms with Crippen molar-refractivity contribution >= 4 is 5.91 Å². The summed E-state index contributed by atoms with van der Waals surface area (Å²) in [6.07, 6.45) is 5.38. The molecular weight excluding hydrogens is 214 g/mol. The number of hydrogen-bond acceptors (Lipinski definition) is 3. The molecule has 0 spiro atoms. The highest BCUT2D eigenvalue weighted by molar-refractivity contribution is 5.81. The van der Waals surface area contributed by atoms with Crippen molar-refractivity contribution in [1.29, 1.82) is 5.26 Å². The van der Waals surface area contributed by atoms with Crippen LogP contribution in [0.25, 0.3) is 0 Å². The van der Waals surface area contributed by atoms with Gasteiger partial charge in [-0.3, -0.25) is 9.69 Å². The largest absolute Gasteiger partial charge is 0.341 e. The van der Waals surface area contributed by atoms with Gasteiger partial charge >= 0.3 is 0 Å². The number of rotatable bonds is 2. The van der Waals surface area contributed by atoms with Crippen LogP contribution in [0.2, 0.25) is 0 Å². The first kappa shape index (κ1) is 12.4. The summed E-state index contributed by atoms with van der Waals surface area (Å²) in [6, 6.07) is 2.14. The predicted octanol–water partition coefficient (Wildman–Crippen LogP) is 1.38. The Morgan fingerprint density at radius 1 is 1.24 bits per heavy atom. The number of nitriles is 1. The Balaban J connectivity index is 1.99. The fourth-order valence-corrected chi connectivity index (χ4v) is 2.90. The second kappa shape index (κ2) is 5.50. The van der Waals surface area contributed by atoms with E-state index in [1.165, 1.54) is 0 Å². The van der Waals surface area contributed by atoms with Crippen molar-refractivity contribution in [3.63, 3.8) is 0 Å². The molecule has 2 rings (SSSR count). The Kier molecular flexibility index (Phi) is 4.01. The maximum atomic E-state index is 12.3. The lowest BCUT2D eigenvalue weighted by atomic mass is 10.0. The third kappa shape index (κ3) is 2.61. The summed E-state index contributed by atoms with van der Waals surface area (Å²) in [7, 11) is 0. The van der Waals surface area contributed by atoms with Crippen LogP contribution in [0.1, 0.15) is 39.0 Å². The normalized spacial score (nSPS) is 27.8. The molecule has 2 aliphatic heterocycles. The molecule has 0 aliphatic carbocycles. The first-order valence-electron chi connectivity index (χ1n) is 6.68. The second-order valence-corrected chi connectivity index (χ2v) is 5.09. The number of carbonyl (C=O) groups excluding carboxylic acids is 1. The van der Waals surface area contributed by atoms with Crippen LogP contribution in [0, 0.1) is 11.3 Å². The third-order valence-corrected chi connectivity index (χ3v) is 3.97. The van der Waals surface area contributed by atoms with E-state index in [0.717, 1.165) is 51.7 Å². The third-order valence-electron chi connectivity index (χ3n) is 3.97. The standard InChI is InChI=1S/C13H21N3O/c1-11(13(17)15-7-4-5-8-15)16-9-3-2-6-12(16)10-14/h11-12H,2-9H2,1H3. The van der Waals surface area contributed by atoms with Crippen LogP contribution in [0.4, 0.5) is 0 Å². The molecule has 0 radical (unpaired) electrons. The summed E-state index contributed by atoms with van der Waals surface area (Å²) in [5.74, 6) is 0.213. The minimum atomic E-state index is -0.127. The zero-order chi connectivity index (χ0) is 12.3. The molecule has 17 heavy (non-hydrogen) atoms. The molecule has 2 saturated heterocycles. The number of carbonyl (C=O) groups is 1. The molecule has 94 valence electrons. The van der Waals surface area contributed by atoms with Gasteiger partial charge in [-0.15, -0.1) is 0 Å². The molecule has 2 fully saturated rings. The number of amides is 1. The highest BCUT2D eigenvalue weighted by Crippen LogP contribution is 2.21. The van der Waals surface area contributed by atoms with Gasteiger partial charge in [0.25, 0.3) is 0 Å². The molecular formula is C13H21N3O. The van der Waals surface area contributed by atoms with Crippen molar-refractivity contribution in [1.82, 2.24) is 9.80 Å². The Morgan fingerprint density at radius 2 is 1.88 bits per heavy atom. The van der Waals surface area contributed by atoms with Crippen LogP contribution in [0.5, 0.6) is 0 Å². The van der Waals surface area contributed by atoms with E-state index in [1.807, 2.05) is 11.8 Å². The topological polar surface area (TPSA) is 47.3 Å². The molecule has 4 nitrogen and oxygen atoms in total. The second-order valence-electron chi connectivity index (χ2n) is 5.09. The number of hydrogen-bond donors (Lipinski definition) is 0. The number of nitrogens with zero attached hydrogens (tertiary/aromatic N) is 3. The number of likely N-dealkylation sites (tertiary alicyclic amines) is 2. The highest BCUT2D eigenvalue weighted by Gasteiger charge is 2.33. The SMILES string of the molecule is CC(C(=O)N1CCCC1)N1CCCCC1C#N. The molecule has 0 aromatic rings. The molecule has 0 aromatic carbocycles. The van der Waals surface area contributed by atoms with Gasteiger partial charge in [-0.2, -0.15) is 5.26 Å². The van der Waals surface area contributed by atoms with E-state index in [9.17, 15) is 4.79 Å². The minimum absolute atomic E-state index is 0.0645. The van der Waals surface area contributed by atoms with E-state index in [0.29, 0.717) is 0 Å². The molecule has 0 saturated carbocycles. The van der Waals surface area contributed by atoms with Crippen LogP contribution >= 0.6 is 0 Å². The van der Waals surface area contributed by atoms with Crippen LogP contribution in [-0.4, -0.2) is 47.4 Å². The first-order valence-corrected chi connectivity index (χ1v) is 6.68. The van der Waals surface area contributed by atoms with E-state index in [4.69, 9.17) is 5.26 Å². The molecule has 2 aliphatic rings. The smallest absolute Gasteiger partial charge is 0.239 e. The quantitative estimate of drug-likeness (QED) is 0.726. The average Bonchev–Trinajstić information content (AvgIpc) is 2.90. The zero-order valence-corrected chi connectivity index (χ0v) is 10.6. The fraction of sp³-hybridized carbons (Fsp3) is 0.846. The fourth-order valence-electron chi connectivity index (χ4n) is 2.90. The zero-order valence-electron chi connectivity index (χ0n) is 10.6. The lowest BCUT2D eigenvalue weighted by Gasteiger charge is -2.36. The summed E-state index contributed by atoms with van der Waals surface area (Å²) in [5, 5.41) is 9.14. The lowest BCUT2D eigenvalue weighted by molar-refractivity contribution is -0.136. The molecule has 4 heteroatoms. The van der Waals surface area contributed by atoms with Gasteiger partial charge in [-0.25, -0.2) is 0 Å². The van der Waals surface area contributed by atoms with Gasteiger partial charge in [0.2, 0.25) is 5.91 Å². The van der Waals surface area contributed by atoms with Gasteiger partial charge < -0.3 is 4.90 Å². The minimum Gasteiger partial charge on any atom is -0.341 e. The highest BCUT2D eigenvalue weighted by atomic mass is 16.2. The lowest BCUT2D eigenvalue weighted by Crippen LogP contribution is -2.51. The summed E-state index contributed by atoms with van der Waals surface area (Å²) < 4.78 is 0. The van der Waals surface area contributed by atoms with Crippen LogP contribution in [-0.2, 0) is 4.79 Å². The molecule has 2 heterocycles. The molecule has 2 unspecified atom stereocenters. The van der Waals surface area contributed by atoms with Gasteiger partial charge in [0.15, 0.2) is 0 Å². The molecule has 0 aromatic heterocycles. The van der Waals surface area contributed by atoms with E-state index in [2.05, 4.69) is 11.0 Å². The Morgan fingerprint density at radius 3 is 2.53 bits per heavy atom. The van der Waals surface area contributed by atoms with Crippen molar-refractivity contribution in [3.05, 3.63) is 0 Å². The van der Waals surface area contributed by atoms with Crippen molar-refractivity contribution in [2.45, 2.75) is 51.1 Å². The van der Waals surface area contributed by atoms with Gasteiger partial charge in [0.1, 0.15) is 0 Å². The van der Waals surface area contributed by atoms with Gasteiger partial charge in [0.05, 0.1) is 18.2 Å².